The van der Waals surface area contributed by atoms with Gasteiger partial charge in [-0.05, 0) is 48.0 Å². The summed E-state index contributed by atoms with van der Waals surface area (Å²) in [6, 6.07) is 17.3. The number of alkyl halides is 3. The minimum atomic E-state index is -4.50. The molecule has 6 aromatic rings. The molecule has 4 heterocycles. The van der Waals surface area contributed by atoms with Crippen LogP contribution in [0.2, 0.25) is 0 Å². The molecular weight excluding hydrogens is 533 g/mol. The van der Waals surface area contributed by atoms with Gasteiger partial charge in [-0.25, -0.2) is 9.97 Å². The number of halogens is 3. The van der Waals surface area contributed by atoms with Crippen molar-refractivity contribution in [2.45, 2.75) is 18.6 Å². The Labute approximate surface area is 232 Å². The van der Waals surface area contributed by atoms with Gasteiger partial charge in [0, 0.05) is 54.9 Å². The highest BCUT2D eigenvalue weighted by Gasteiger charge is 2.32. The molecule has 1 amide bonds. The van der Waals surface area contributed by atoms with Gasteiger partial charge >= 0.3 is 6.18 Å². The van der Waals surface area contributed by atoms with Crippen molar-refractivity contribution in [1.82, 2.24) is 24.1 Å². The first-order valence-electron chi connectivity index (χ1n) is 12.7. The van der Waals surface area contributed by atoms with Gasteiger partial charge in [0.2, 0.25) is 12.3 Å². The van der Waals surface area contributed by atoms with Crippen LogP contribution in [0.4, 0.5) is 19.1 Å². The molecule has 0 bridgehead atoms. The Kier molecular flexibility index (Phi) is 6.62. The van der Waals surface area contributed by atoms with E-state index in [2.05, 4.69) is 15.0 Å². The first-order chi connectivity index (χ1) is 19.8. The van der Waals surface area contributed by atoms with E-state index in [-0.39, 0.29) is 23.3 Å². The van der Waals surface area contributed by atoms with E-state index < -0.39 is 17.8 Å². The van der Waals surface area contributed by atoms with Gasteiger partial charge in [0.25, 0.3) is 0 Å². The molecule has 206 valence electrons. The summed E-state index contributed by atoms with van der Waals surface area (Å²) in [6.07, 6.45) is 5.05. The molecule has 1 atom stereocenters. The summed E-state index contributed by atoms with van der Waals surface area (Å²) >= 11 is 0. The lowest BCUT2D eigenvalue weighted by molar-refractivity contribution is -0.137. The highest BCUT2D eigenvalue weighted by molar-refractivity contribution is 5.85. The summed E-state index contributed by atoms with van der Waals surface area (Å²) < 4.78 is 49.6. The number of aromatic nitrogens is 5. The number of furan rings is 1. The number of fused-ring (bicyclic) bond motifs is 1. The van der Waals surface area contributed by atoms with Crippen LogP contribution in [0.25, 0.3) is 27.9 Å². The molecule has 0 saturated carbocycles. The maximum Gasteiger partial charge on any atom is 0.416 e. The molecule has 4 aromatic heterocycles. The molecule has 11 heteroatoms. The van der Waals surface area contributed by atoms with Crippen LogP contribution < -0.4 is 4.90 Å². The summed E-state index contributed by atoms with van der Waals surface area (Å²) in [4.78, 5) is 27.1. The van der Waals surface area contributed by atoms with E-state index in [0.717, 1.165) is 29.1 Å². The lowest BCUT2D eigenvalue weighted by atomic mass is 10.1. The van der Waals surface area contributed by atoms with E-state index in [1.165, 1.54) is 17.0 Å². The fourth-order valence-corrected chi connectivity index (χ4v) is 4.86. The molecule has 6 rings (SSSR count). The van der Waals surface area contributed by atoms with Crippen molar-refractivity contribution < 1.29 is 22.4 Å². The number of imidazole rings is 2. The quantitative estimate of drug-likeness (QED) is 0.203. The summed E-state index contributed by atoms with van der Waals surface area (Å²) in [6.45, 7) is 0. The normalized spacial score (nSPS) is 12.5. The largest absolute Gasteiger partial charge is 0.440 e. The third kappa shape index (κ3) is 5.09. The van der Waals surface area contributed by atoms with Crippen molar-refractivity contribution in [3.05, 3.63) is 115 Å². The maximum atomic E-state index is 13.3. The van der Waals surface area contributed by atoms with E-state index in [4.69, 9.17) is 4.42 Å². The summed E-state index contributed by atoms with van der Waals surface area (Å²) in [5.41, 5.74) is 2.81. The Hall–Kier alpha value is -5.19. The molecule has 0 N–H and O–H groups in total. The zero-order chi connectivity index (χ0) is 28.6. The highest BCUT2D eigenvalue weighted by atomic mass is 19.4. The molecule has 0 saturated heterocycles. The number of nitrogens with zero attached hydrogens (tertiary/aromatic N) is 6. The van der Waals surface area contributed by atoms with Crippen molar-refractivity contribution in [1.29, 1.82) is 0 Å². The summed E-state index contributed by atoms with van der Waals surface area (Å²) in [7, 11) is 1.85. The Bertz CT molecular complexity index is 1790. The maximum absolute atomic E-state index is 13.3. The van der Waals surface area contributed by atoms with Crippen LogP contribution in [0.15, 0.2) is 102 Å². The summed E-state index contributed by atoms with van der Waals surface area (Å²) in [5.74, 6) is 0.650. The number of rotatable bonds is 8. The van der Waals surface area contributed by atoms with E-state index in [0.29, 0.717) is 17.9 Å². The third-order valence-corrected chi connectivity index (χ3v) is 6.95. The minimum absolute atomic E-state index is 0.101. The molecule has 8 nitrogen and oxygen atoms in total. The standard InChI is InChI=1S/C30H23F3N6O2/c1-37-26(20-5-8-24(9-6-20)38-13-12-34-18-38)17-36-29(37)25(16-23-4-2-3-11-35-23)39(19-40)28-15-21-14-22(30(31,32)33)7-10-27(21)41-28/h2-15,17-19,25H,16H2,1H3. The van der Waals surface area contributed by atoms with Crippen LogP contribution in [0.1, 0.15) is 23.1 Å². The SMILES string of the molecule is Cn1c(-c2ccc(-n3ccnc3)cc2)cnc1C(Cc1ccccn1)N(C=O)c1cc2cc(C(F)(F)F)ccc2o1. The number of carbonyl (C=O) groups excluding carboxylic acids is 1. The van der Waals surface area contributed by atoms with Crippen LogP contribution >= 0.6 is 0 Å². The van der Waals surface area contributed by atoms with Gasteiger partial charge in [0.05, 0.1) is 23.8 Å². The highest BCUT2D eigenvalue weighted by Crippen LogP contribution is 2.37. The van der Waals surface area contributed by atoms with Crippen molar-refractivity contribution in [2.24, 2.45) is 7.05 Å². The Morgan fingerprint density at radius 1 is 1.02 bits per heavy atom. The number of carbonyl (C=O) groups is 1. The minimum Gasteiger partial charge on any atom is -0.440 e. The number of hydrogen-bond donors (Lipinski definition) is 0. The van der Waals surface area contributed by atoms with Gasteiger partial charge in [-0.1, -0.05) is 18.2 Å². The van der Waals surface area contributed by atoms with E-state index in [1.54, 1.807) is 31.0 Å². The molecule has 0 aliphatic carbocycles. The molecule has 0 fully saturated rings. The van der Waals surface area contributed by atoms with Gasteiger partial charge < -0.3 is 13.6 Å². The average molecular weight is 557 g/mol. The van der Waals surface area contributed by atoms with E-state index >= 15 is 0 Å². The predicted octanol–water partition coefficient (Wildman–Crippen LogP) is 6.38. The first kappa shape index (κ1) is 26.1. The van der Waals surface area contributed by atoms with Gasteiger partial charge in [-0.3, -0.25) is 14.7 Å². The van der Waals surface area contributed by atoms with Gasteiger partial charge in [0.1, 0.15) is 17.4 Å². The van der Waals surface area contributed by atoms with Crippen molar-refractivity contribution in [2.75, 3.05) is 4.90 Å². The van der Waals surface area contributed by atoms with Crippen LogP contribution in [-0.2, 0) is 24.4 Å². The number of amides is 1. The topological polar surface area (TPSA) is 82.0 Å². The average Bonchev–Trinajstić information content (AvgIpc) is 3.73. The number of hydrogen-bond acceptors (Lipinski definition) is 5. The second kappa shape index (κ2) is 10.4. The van der Waals surface area contributed by atoms with Crippen LogP contribution in [0, 0.1) is 0 Å². The lowest BCUT2D eigenvalue weighted by Crippen LogP contribution is -2.31. The molecule has 0 aliphatic rings. The first-order valence-corrected chi connectivity index (χ1v) is 12.7. The fourth-order valence-electron chi connectivity index (χ4n) is 4.86. The molecule has 41 heavy (non-hydrogen) atoms. The Morgan fingerprint density at radius 3 is 2.54 bits per heavy atom. The van der Waals surface area contributed by atoms with Gasteiger partial charge in [-0.2, -0.15) is 13.2 Å². The van der Waals surface area contributed by atoms with Crippen molar-refractivity contribution in [3.8, 4) is 16.9 Å². The molecule has 0 radical (unpaired) electrons. The molecular formula is C30H23F3N6O2. The zero-order valence-corrected chi connectivity index (χ0v) is 21.7. The fraction of sp³-hybridized carbons (Fsp3) is 0.133. The van der Waals surface area contributed by atoms with Crippen LogP contribution in [0.5, 0.6) is 0 Å². The second-order valence-corrected chi connectivity index (χ2v) is 9.47. The van der Waals surface area contributed by atoms with Gasteiger partial charge in [0.15, 0.2) is 0 Å². The smallest absolute Gasteiger partial charge is 0.416 e. The predicted molar refractivity (Wildman–Crippen MR) is 146 cm³/mol. The molecule has 0 aliphatic heterocycles. The number of anilines is 1. The number of benzene rings is 2. The second-order valence-electron chi connectivity index (χ2n) is 9.47. The Balaban J connectivity index is 1.39. The zero-order valence-electron chi connectivity index (χ0n) is 21.7. The molecule has 0 spiro atoms. The molecule has 1 unspecified atom stereocenters. The molecule has 2 aromatic carbocycles. The van der Waals surface area contributed by atoms with Crippen LogP contribution in [0.3, 0.4) is 0 Å². The van der Waals surface area contributed by atoms with E-state index in [9.17, 15) is 18.0 Å². The monoisotopic (exact) mass is 556 g/mol. The summed E-state index contributed by atoms with van der Waals surface area (Å²) in [5, 5.41) is 0.233. The lowest BCUT2D eigenvalue weighted by Gasteiger charge is -2.26. The third-order valence-electron chi connectivity index (χ3n) is 6.95. The van der Waals surface area contributed by atoms with Crippen LogP contribution in [-0.4, -0.2) is 30.5 Å². The Morgan fingerprint density at radius 2 is 1.85 bits per heavy atom. The van der Waals surface area contributed by atoms with Crippen molar-refractivity contribution >= 4 is 23.3 Å². The number of pyridine rings is 1. The van der Waals surface area contributed by atoms with Gasteiger partial charge in [-0.15, -0.1) is 0 Å². The van der Waals surface area contributed by atoms with Crippen molar-refractivity contribution in [3.63, 3.8) is 0 Å². The van der Waals surface area contributed by atoms with E-state index in [1.807, 2.05) is 58.8 Å².